The van der Waals surface area contributed by atoms with Crippen LogP contribution in [0.2, 0.25) is 0 Å². The van der Waals surface area contributed by atoms with Crippen LogP contribution in [0.1, 0.15) is 19.4 Å². The maximum absolute atomic E-state index is 12.3. The Morgan fingerprint density at radius 1 is 1.08 bits per heavy atom. The number of carbonyl (C=O) groups is 3. The van der Waals surface area contributed by atoms with E-state index in [-0.39, 0.29) is 11.6 Å². The van der Waals surface area contributed by atoms with Gasteiger partial charge in [-0.2, -0.15) is 0 Å². The van der Waals surface area contributed by atoms with Crippen molar-refractivity contribution in [2.24, 2.45) is 5.73 Å². The van der Waals surface area contributed by atoms with Gasteiger partial charge in [0.05, 0.1) is 0 Å². The molecule has 0 aliphatic carbocycles. The summed E-state index contributed by atoms with van der Waals surface area (Å²) in [4.78, 5) is 34.9. The van der Waals surface area contributed by atoms with Crippen LogP contribution in [-0.4, -0.2) is 23.8 Å². The van der Waals surface area contributed by atoms with Crippen molar-refractivity contribution >= 4 is 34.6 Å². The molecule has 1 atom stereocenters. The Kier molecular flexibility index (Phi) is 5.31. The fourth-order valence-electron chi connectivity index (χ4n) is 2.23. The van der Waals surface area contributed by atoms with E-state index in [9.17, 15) is 14.4 Å². The molecule has 0 fully saturated rings. The van der Waals surface area contributed by atoms with Crippen molar-refractivity contribution in [2.75, 3.05) is 0 Å². The van der Waals surface area contributed by atoms with Crippen LogP contribution in [0.4, 0.5) is 0 Å². The summed E-state index contributed by atoms with van der Waals surface area (Å²) in [6.45, 7) is 2.78. The molecule has 124 valence electrons. The van der Waals surface area contributed by atoms with Crippen LogP contribution in [0.15, 0.2) is 48.2 Å². The number of nitrogens with two attached hydrogens (primary N) is 1. The molecule has 0 saturated carbocycles. The third-order valence-electron chi connectivity index (χ3n) is 3.45. The van der Waals surface area contributed by atoms with Crippen molar-refractivity contribution in [2.45, 2.75) is 19.9 Å². The maximum Gasteiger partial charge on any atom is 0.268 e. The number of hydrogen-bond acceptors (Lipinski definition) is 3. The van der Waals surface area contributed by atoms with Gasteiger partial charge in [0, 0.05) is 6.92 Å². The van der Waals surface area contributed by atoms with Gasteiger partial charge in [-0.1, -0.05) is 42.5 Å². The molecule has 2 rings (SSSR count). The molecule has 2 aromatic carbocycles. The molecule has 0 aromatic heterocycles. The van der Waals surface area contributed by atoms with E-state index in [1.165, 1.54) is 13.8 Å². The molecule has 3 amide bonds. The standard InChI is InChI=1S/C18H19N3O3/c1-11(17(19)23)20-18(24)16(21-12(2)22)10-14-8-5-7-13-6-3-4-9-15(13)14/h3-11H,1-2H3,(H2,19,23)(H,20,24)(H,21,22)/b16-10+/t11-/m0/s1. The molecule has 0 spiro atoms. The summed E-state index contributed by atoms with van der Waals surface area (Å²) in [5.41, 5.74) is 5.98. The van der Waals surface area contributed by atoms with E-state index in [2.05, 4.69) is 10.6 Å². The van der Waals surface area contributed by atoms with Gasteiger partial charge < -0.3 is 16.4 Å². The summed E-state index contributed by atoms with van der Waals surface area (Å²) in [7, 11) is 0. The van der Waals surface area contributed by atoms with Gasteiger partial charge in [-0.3, -0.25) is 14.4 Å². The van der Waals surface area contributed by atoms with Crippen LogP contribution in [0.25, 0.3) is 16.8 Å². The molecule has 24 heavy (non-hydrogen) atoms. The summed E-state index contributed by atoms with van der Waals surface area (Å²) < 4.78 is 0. The summed E-state index contributed by atoms with van der Waals surface area (Å²) in [5, 5.41) is 6.91. The molecule has 6 nitrogen and oxygen atoms in total. The highest BCUT2D eigenvalue weighted by Gasteiger charge is 2.17. The summed E-state index contributed by atoms with van der Waals surface area (Å²) in [5.74, 6) is -1.62. The minimum absolute atomic E-state index is 0.0481. The molecule has 4 N–H and O–H groups in total. The number of fused-ring (bicyclic) bond motifs is 1. The van der Waals surface area contributed by atoms with Gasteiger partial charge >= 0.3 is 0 Å². The third-order valence-corrected chi connectivity index (χ3v) is 3.45. The second kappa shape index (κ2) is 7.41. The smallest absolute Gasteiger partial charge is 0.268 e. The van der Waals surface area contributed by atoms with Gasteiger partial charge in [-0.25, -0.2) is 0 Å². The SMILES string of the molecule is CC(=O)N/C(=C/c1cccc2ccccc12)C(=O)N[C@@H](C)C(N)=O. The topological polar surface area (TPSA) is 101 Å². The summed E-state index contributed by atoms with van der Waals surface area (Å²) in [6, 6.07) is 12.5. The van der Waals surface area contributed by atoms with E-state index in [0.717, 1.165) is 16.3 Å². The third kappa shape index (κ3) is 4.19. The minimum atomic E-state index is -0.845. The van der Waals surface area contributed by atoms with Gasteiger partial charge in [-0.15, -0.1) is 0 Å². The van der Waals surface area contributed by atoms with Crippen molar-refractivity contribution < 1.29 is 14.4 Å². The zero-order valence-corrected chi connectivity index (χ0v) is 13.5. The molecule has 0 unspecified atom stereocenters. The van der Waals surface area contributed by atoms with Crippen molar-refractivity contribution in [3.05, 3.63) is 53.7 Å². The first-order valence-corrected chi connectivity index (χ1v) is 7.45. The lowest BCUT2D eigenvalue weighted by Gasteiger charge is -2.13. The first-order valence-electron chi connectivity index (χ1n) is 7.45. The number of rotatable bonds is 5. The zero-order valence-electron chi connectivity index (χ0n) is 13.5. The molecule has 2 aromatic rings. The lowest BCUT2D eigenvalue weighted by molar-refractivity contribution is -0.126. The highest BCUT2D eigenvalue weighted by molar-refractivity contribution is 6.04. The van der Waals surface area contributed by atoms with Crippen LogP contribution in [0, 0.1) is 0 Å². The van der Waals surface area contributed by atoms with E-state index in [0.29, 0.717) is 0 Å². The summed E-state index contributed by atoms with van der Waals surface area (Å²) >= 11 is 0. The maximum atomic E-state index is 12.3. The summed E-state index contributed by atoms with van der Waals surface area (Å²) in [6.07, 6.45) is 1.58. The molecule has 6 heteroatoms. The van der Waals surface area contributed by atoms with Gasteiger partial charge in [0.15, 0.2) is 0 Å². The van der Waals surface area contributed by atoms with E-state index >= 15 is 0 Å². The predicted octanol–water partition coefficient (Wildman–Crippen LogP) is 1.31. The molecule has 0 aliphatic heterocycles. The highest BCUT2D eigenvalue weighted by atomic mass is 16.2. The van der Waals surface area contributed by atoms with Crippen molar-refractivity contribution in [1.82, 2.24) is 10.6 Å². The van der Waals surface area contributed by atoms with Gasteiger partial charge in [0.25, 0.3) is 5.91 Å². The van der Waals surface area contributed by atoms with Crippen molar-refractivity contribution in [1.29, 1.82) is 0 Å². The van der Waals surface area contributed by atoms with Gasteiger partial charge in [-0.05, 0) is 29.3 Å². The average Bonchev–Trinajstić information content (AvgIpc) is 2.54. The second-order valence-electron chi connectivity index (χ2n) is 5.41. The monoisotopic (exact) mass is 325 g/mol. The number of primary amides is 1. The Morgan fingerprint density at radius 2 is 1.75 bits per heavy atom. The van der Waals surface area contributed by atoms with Crippen molar-refractivity contribution in [3.8, 4) is 0 Å². The molecule has 0 saturated heterocycles. The van der Waals surface area contributed by atoms with Crippen LogP contribution in [0.5, 0.6) is 0 Å². The largest absolute Gasteiger partial charge is 0.368 e. The van der Waals surface area contributed by atoms with Crippen LogP contribution in [-0.2, 0) is 14.4 Å². The number of amides is 3. The molecule has 0 radical (unpaired) electrons. The van der Waals surface area contributed by atoms with Crippen LogP contribution in [0.3, 0.4) is 0 Å². The average molecular weight is 325 g/mol. The van der Waals surface area contributed by atoms with E-state index < -0.39 is 17.9 Å². The minimum Gasteiger partial charge on any atom is -0.368 e. The molecule has 0 bridgehead atoms. The Labute approximate surface area is 139 Å². The van der Waals surface area contributed by atoms with Crippen LogP contribution < -0.4 is 16.4 Å². The number of carbonyl (C=O) groups excluding carboxylic acids is 3. The fraction of sp³-hybridized carbons (Fsp3) is 0.167. The van der Waals surface area contributed by atoms with E-state index in [4.69, 9.17) is 5.73 Å². The highest BCUT2D eigenvalue weighted by Crippen LogP contribution is 2.20. The molecular weight excluding hydrogens is 306 g/mol. The number of benzene rings is 2. The first-order chi connectivity index (χ1) is 11.4. The first kappa shape index (κ1) is 17.2. The Bertz CT molecular complexity index is 822. The zero-order chi connectivity index (χ0) is 17.7. The van der Waals surface area contributed by atoms with E-state index in [1.54, 1.807) is 6.08 Å². The predicted molar refractivity (Wildman–Crippen MR) is 92.5 cm³/mol. The fourth-order valence-corrected chi connectivity index (χ4v) is 2.23. The lowest BCUT2D eigenvalue weighted by atomic mass is 10.0. The van der Waals surface area contributed by atoms with Crippen LogP contribution >= 0.6 is 0 Å². The molecular formula is C18H19N3O3. The quantitative estimate of drug-likeness (QED) is 0.722. The Balaban J connectivity index is 2.42. The number of hydrogen-bond donors (Lipinski definition) is 3. The van der Waals surface area contributed by atoms with E-state index in [1.807, 2.05) is 42.5 Å². The lowest BCUT2D eigenvalue weighted by Crippen LogP contribution is -2.45. The normalized spacial score (nSPS) is 12.5. The molecule has 0 aliphatic rings. The van der Waals surface area contributed by atoms with Gasteiger partial charge in [0.1, 0.15) is 11.7 Å². The van der Waals surface area contributed by atoms with Gasteiger partial charge in [0.2, 0.25) is 11.8 Å². The second-order valence-corrected chi connectivity index (χ2v) is 5.41. The van der Waals surface area contributed by atoms with Crippen molar-refractivity contribution in [3.63, 3.8) is 0 Å². The Morgan fingerprint density at radius 3 is 2.42 bits per heavy atom. The molecule has 0 heterocycles. The number of nitrogens with one attached hydrogen (secondary N) is 2. The Hall–Kier alpha value is -3.15.